The Labute approximate surface area is 146 Å². The molecular weight excluding hydrogens is 326 g/mol. The molecule has 1 heterocycles. The molecule has 1 aromatic rings. The van der Waals surface area contributed by atoms with Gasteiger partial charge in [0.05, 0.1) is 0 Å². The third-order valence-electron chi connectivity index (χ3n) is 3.69. The molecule has 24 heavy (non-hydrogen) atoms. The highest BCUT2D eigenvalue weighted by Crippen LogP contribution is 2.16. The van der Waals surface area contributed by atoms with Crippen molar-refractivity contribution < 1.29 is 14.4 Å². The van der Waals surface area contributed by atoms with E-state index in [0.717, 1.165) is 16.4 Å². The molecule has 1 aliphatic rings. The molecule has 0 bridgehead atoms. The zero-order chi connectivity index (χ0) is 17.6. The van der Waals surface area contributed by atoms with Gasteiger partial charge in [0, 0.05) is 31.0 Å². The summed E-state index contributed by atoms with van der Waals surface area (Å²) in [5.41, 5.74) is 0.372. The Bertz CT molecular complexity index is 604. The summed E-state index contributed by atoms with van der Waals surface area (Å²) in [6.07, 6.45) is 0.124. The minimum atomic E-state index is -0.887. The lowest BCUT2D eigenvalue weighted by Crippen LogP contribution is -2.40. The Morgan fingerprint density at radius 2 is 1.96 bits per heavy atom. The highest BCUT2D eigenvalue weighted by atomic mass is 32.2. The Morgan fingerprint density at radius 3 is 2.58 bits per heavy atom. The molecule has 0 saturated carbocycles. The molecule has 1 aliphatic heterocycles. The largest absolute Gasteiger partial charge is 0.355 e. The summed E-state index contributed by atoms with van der Waals surface area (Å²) in [6.45, 7) is 3.98. The number of rotatable bonds is 8. The number of imide groups is 1. The van der Waals surface area contributed by atoms with E-state index >= 15 is 0 Å². The first-order chi connectivity index (χ1) is 11.4. The zero-order valence-corrected chi connectivity index (χ0v) is 14.8. The Balaban J connectivity index is 1.60. The molecule has 2 N–H and O–H groups in total. The zero-order valence-electron chi connectivity index (χ0n) is 14.0. The predicted octanol–water partition coefficient (Wildman–Crippen LogP) is 1.76. The first kappa shape index (κ1) is 18.3. The smallest absolute Gasteiger partial charge is 0.325 e. The number of amides is 4. The number of hydrogen-bond acceptors (Lipinski definition) is 4. The number of carbonyl (C=O) groups is 3. The van der Waals surface area contributed by atoms with Crippen molar-refractivity contribution >= 4 is 29.6 Å². The number of benzene rings is 1. The fourth-order valence-corrected chi connectivity index (χ4v) is 3.17. The molecule has 1 aromatic carbocycles. The van der Waals surface area contributed by atoms with Crippen molar-refractivity contribution in [3.8, 4) is 0 Å². The van der Waals surface area contributed by atoms with Crippen LogP contribution in [0.4, 0.5) is 4.79 Å². The second-order valence-corrected chi connectivity index (χ2v) is 7.26. The summed E-state index contributed by atoms with van der Waals surface area (Å²) in [5.74, 6) is 1.28. The van der Waals surface area contributed by atoms with Crippen LogP contribution in [0.15, 0.2) is 30.3 Å². The number of thioether (sulfide) groups is 1. The fourth-order valence-electron chi connectivity index (χ4n) is 2.35. The molecule has 6 nitrogen and oxygen atoms in total. The van der Waals surface area contributed by atoms with Crippen LogP contribution in [0.2, 0.25) is 0 Å². The van der Waals surface area contributed by atoms with E-state index in [-0.39, 0.29) is 24.8 Å². The first-order valence-electron chi connectivity index (χ1n) is 7.92. The molecule has 7 heteroatoms. The SMILES string of the molecule is CC1(C)NC(=O)N(CCC(=O)NCCSCc2ccccc2)C1=O. The van der Waals surface area contributed by atoms with Crippen LogP contribution in [0.25, 0.3) is 0 Å². The van der Waals surface area contributed by atoms with Crippen LogP contribution in [0.1, 0.15) is 25.8 Å². The number of hydrogen-bond donors (Lipinski definition) is 2. The van der Waals surface area contributed by atoms with Gasteiger partial charge < -0.3 is 10.6 Å². The van der Waals surface area contributed by atoms with E-state index in [1.165, 1.54) is 5.56 Å². The van der Waals surface area contributed by atoms with E-state index < -0.39 is 11.6 Å². The minimum absolute atomic E-state index is 0.108. The van der Waals surface area contributed by atoms with E-state index in [9.17, 15) is 14.4 Å². The molecule has 1 saturated heterocycles. The molecule has 1 fully saturated rings. The van der Waals surface area contributed by atoms with Gasteiger partial charge in [-0.2, -0.15) is 11.8 Å². The summed E-state index contributed by atoms with van der Waals surface area (Å²) in [6, 6.07) is 9.72. The quantitative estimate of drug-likeness (QED) is 0.554. The van der Waals surface area contributed by atoms with Crippen molar-refractivity contribution in [2.75, 3.05) is 18.8 Å². The Morgan fingerprint density at radius 1 is 1.25 bits per heavy atom. The lowest BCUT2D eigenvalue weighted by molar-refractivity contribution is -0.130. The average Bonchev–Trinajstić information content (AvgIpc) is 2.74. The highest BCUT2D eigenvalue weighted by molar-refractivity contribution is 7.98. The average molecular weight is 349 g/mol. The van der Waals surface area contributed by atoms with Crippen LogP contribution < -0.4 is 10.6 Å². The van der Waals surface area contributed by atoms with Crippen molar-refractivity contribution in [1.29, 1.82) is 0 Å². The number of nitrogens with zero attached hydrogens (tertiary/aromatic N) is 1. The molecule has 0 aliphatic carbocycles. The van der Waals surface area contributed by atoms with E-state index in [0.29, 0.717) is 6.54 Å². The fraction of sp³-hybridized carbons (Fsp3) is 0.471. The second-order valence-electron chi connectivity index (χ2n) is 6.15. The van der Waals surface area contributed by atoms with Crippen molar-refractivity contribution in [2.45, 2.75) is 31.6 Å². The third-order valence-corrected chi connectivity index (χ3v) is 4.72. The maximum absolute atomic E-state index is 12.0. The molecule has 130 valence electrons. The van der Waals surface area contributed by atoms with Crippen molar-refractivity contribution in [1.82, 2.24) is 15.5 Å². The molecule has 0 aromatic heterocycles. The maximum Gasteiger partial charge on any atom is 0.325 e. The lowest BCUT2D eigenvalue weighted by Gasteiger charge is -2.15. The normalized spacial score (nSPS) is 16.2. The van der Waals surface area contributed by atoms with Crippen LogP contribution in [-0.4, -0.2) is 47.1 Å². The van der Waals surface area contributed by atoms with Gasteiger partial charge in [0.2, 0.25) is 5.91 Å². The van der Waals surface area contributed by atoms with Gasteiger partial charge in [-0.15, -0.1) is 0 Å². The summed E-state index contributed by atoms with van der Waals surface area (Å²) in [4.78, 5) is 36.6. The van der Waals surface area contributed by atoms with Crippen LogP contribution in [0.5, 0.6) is 0 Å². The van der Waals surface area contributed by atoms with E-state index in [1.54, 1.807) is 25.6 Å². The van der Waals surface area contributed by atoms with Gasteiger partial charge in [-0.3, -0.25) is 14.5 Å². The molecule has 2 rings (SSSR count). The molecular formula is C17H23N3O3S. The number of nitrogens with one attached hydrogen (secondary N) is 2. The van der Waals surface area contributed by atoms with Gasteiger partial charge in [-0.05, 0) is 19.4 Å². The van der Waals surface area contributed by atoms with Gasteiger partial charge in [-0.25, -0.2) is 4.79 Å². The lowest BCUT2D eigenvalue weighted by atomic mass is 10.1. The van der Waals surface area contributed by atoms with Crippen molar-refractivity contribution in [3.05, 3.63) is 35.9 Å². The number of urea groups is 1. The molecule has 0 radical (unpaired) electrons. The molecule has 0 unspecified atom stereocenters. The molecule has 0 atom stereocenters. The molecule has 0 spiro atoms. The van der Waals surface area contributed by atoms with Gasteiger partial charge in [0.1, 0.15) is 5.54 Å². The maximum atomic E-state index is 12.0. The standard InChI is InChI=1S/C17H23N3O3S/c1-17(2)15(22)20(16(23)19-17)10-8-14(21)18-9-11-24-12-13-6-4-3-5-7-13/h3-7H,8-12H2,1-2H3,(H,18,21)(H,19,23). The summed E-state index contributed by atoms with van der Waals surface area (Å²) in [7, 11) is 0. The minimum Gasteiger partial charge on any atom is -0.355 e. The Hall–Kier alpha value is -2.02. The monoisotopic (exact) mass is 349 g/mol. The topological polar surface area (TPSA) is 78.5 Å². The van der Waals surface area contributed by atoms with Crippen LogP contribution >= 0.6 is 11.8 Å². The van der Waals surface area contributed by atoms with Gasteiger partial charge in [0.15, 0.2) is 0 Å². The number of carbonyl (C=O) groups excluding carboxylic acids is 3. The summed E-state index contributed by atoms with van der Waals surface area (Å²) >= 11 is 1.75. The van der Waals surface area contributed by atoms with Gasteiger partial charge in [0.25, 0.3) is 5.91 Å². The van der Waals surface area contributed by atoms with E-state index in [4.69, 9.17) is 0 Å². The van der Waals surface area contributed by atoms with Crippen LogP contribution in [0.3, 0.4) is 0 Å². The third kappa shape index (κ3) is 4.99. The summed E-state index contributed by atoms with van der Waals surface area (Å²) in [5, 5.41) is 5.41. The molecule has 4 amide bonds. The van der Waals surface area contributed by atoms with E-state index in [1.807, 2.05) is 18.2 Å². The van der Waals surface area contributed by atoms with Crippen LogP contribution in [0, 0.1) is 0 Å². The second kappa shape index (κ2) is 8.19. The van der Waals surface area contributed by atoms with Crippen LogP contribution in [-0.2, 0) is 15.3 Å². The van der Waals surface area contributed by atoms with Gasteiger partial charge >= 0.3 is 6.03 Å². The predicted molar refractivity (Wildman–Crippen MR) is 94.6 cm³/mol. The summed E-state index contributed by atoms with van der Waals surface area (Å²) < 4.78 is 0. The van der Waals surface area contributed by atoms with Crippen molar-refractivity contribution in [2.24, 2.45) is 0 Å². The highest BCUT2D eigenvalue weighted by Gasteiger charge is 2.43. The van der Waals surface area contributed by atoms with E-state index in [2.05, 4.69) is 22.8 Å². The first-order valence-corrected chi connectivity index (χ1v) is 9.08. The van der Waals surface area contributed by atoms with Crippen molar-refractivity contribution in [3.63, 3.8) is 0 Å². The Kier molecular flexibility index (Phi) is 6.25. The van der Waals surface area contributed by atoms with Gasteiger partial charge in [-0.1, -0.05) is 30.3 Å².